The zero-order valence-corrected chi connectivity index (χ0v) is 8.94. The molecule has 84 valence electrons. The Morgan fingerprint density at radius 2 is 2.31 bits per heavy atom. The highest BCUT2D eigenvalue weighted by Gasteiger charge is 2.13. The molecule has 2 rings (SSSR count). The van der Waals surface area contributed by atoms with Gasteiger partial charge in [-0.25, -0.2) is 9.78 Å². The summed E-state index contributed by atoms with van der Waals surface area (Å²) in [5, 5.41) is 8.80. The third-order valence-corrected chi connectivity index (χ3v) is 2.13. The molecular weight excluding hydrogens is 210 g/mol. The van der Waals surface area contributed by atoms with Crippen LogP contribution in [0.2, 0.25) is 0 Å². The molecule has 6 heteroatoms. The molecule has 0 radical (unpaired) electrons. The molecule has 0 unspecified atom stereocenters. The molecule has 0 aliphatic heterocycles. The second-order valence-electron chi connectivity index (χ2n) is 3.30. The van der Waals surface area contributed by atoms with E-state index in [1.54, 1.807) is 6.07 Å². The summed E-state index contributed by atoms with van der Waals surface area (Å²) in [4.78, 5) is 21.4. The Bertz CT molecular complexity index is 547. The van der Waals surface area contributed by atoms with Gasteiger partial charge in [0.1, 0.15) is 0 Å². The van der Waals surface area contributed by atoms with Crippen molar-refractivity contribution in [2.75, 3.05) is 6.61 Å². The minimum absolute atomic E-state index is 0.112. The van der Waals surface area contributed by atoms with E-state index in [0.717, 1.165) is 5.56 Å². The van der Waals surface area contributed by atoms with Crippen LogP contribution in [0, 0.1) is 6.92 Å². The number of pyridine rings is 1. The number of hydrogen-bond acceptors (Lipinski definition) is 4. The molecule has 16 heavy (non-hydrogen) atoms. The van der Waals surface area contributed by atoms with Crippen molar-refractivity contribution in [3.05, 3.63) is 17.5 Å². The Morgan fingerprint density at radius 1 is 1.56 bits per heavy atom. The summed E-state index contributed by atoms with van der Waals surface area (Å²) in [6.07, 6.45) is 0. The number of aromatic carboxylic acids is 1. The second-order valence-corrected chi connectivity index (χ2v) is 3.30. The highest BCUT2D eigenvalue weighted by atomic mass is 16.5. The number of nitrogens with one attached hydrogen (secondary N) is 1. The van der Waals surface area contributed by atoms with Crippen molar-refractivity contribution in [2.24, 2.45) is 0 Å². The van der Waals surface area contributed by atoms with Gasteiger partial charge in [-0.2, -0.15) is 4.98 Å². The Labute approximate surface area is 91.3 Å². The predicted octanol–water partition coefficient (Wildman–Crippen LogP) is 1.36. The lowest BCUT2D eigenvalue weighted by atomic mass is 10.3. The van der Waals surface area contributed by atoms with Crippen molar-refractivity contribution in [2.45, 2.75) is 13.8 Å². The normalized spacial score (nSPS) is 10.6. The van der Waals surface area contributed by atoms with Gasteiger partial charge in [0, 0.05) is 6.07 Å². The van der Waals surface area contributed by atoms with Crippen LogP contribution in [0.1, 0.15) is 23.1 Å². The van der Waals surface area contributed by atoms with E-state index in [0.29, 0.717) is 23.7 Å². The van der Waals surface area contributed by atoms with Crippen LogP contribution in [0.4, 0.5) is 0 Å². The fraction of sp³-hybridized carbons (Fsp3) is 0.300. The summed E-state index contributed by atoms with van der Waals surface area (Å²) >= 11 is 0. The average Bonchev–Trinajstić information content (AvgIpc) is 2.62. The van der Waals surface area contributed by atoms with Crippen molar-refractivity contribution < 1.29 is 14.6 Å². The summed E-state index contributed by atoms with van der Waals surface area (Å²) in [6, 6.07) is 1.75. The van der Waals surface area contributed by atoms with E-state index in [-0.39, 0.29) is 5.82 Å². The Balaban J connectivity index is 2.58. The smallest absolute Gasteiger partial charge is 0.371 e. The number of carbonyl (C=O) groups is 1. The number of H-pyrrole nitrogens is 1. The minimum Gasteiger partial charge on any atom is -0.478 e. The van der Waals surface area contributed by atoms with Gasteiger partial charge in [0.2, 0.25) is 11.7 Å². The maximum atomic E-state index is 10.7. The number of ether oxygens (including phenoxy) is 1. The van der Waals surface area contributed by atoms with Crippen LogP contribution in [0.3, 0.4) is 0 Å². The van der Waals surface area contributed by atoms with Gasteiger partial charge in [0.05, 0.1) is 12.1 Å². The molecule has 2 aromatic heterocycles. The molecule has 0 amide bonds. The predicted molar refractivity (Wildman–Crippen MR) is 56.8 cm³/mol. The number of carboxylic acids is 1. The first-order valence-corrected chi connectivity index (χ1v) is 4.85. The largest absolute Gasteiger partial charge is 0.478 e. The van der Waals surface area contributed by atoms with Crippen LogP contribution >= 0.6 is 0 Å². The molecule has 0 spiro atoms. The standard InChI is InChI=1S/C10H11N3O3/c1-3-16-6-4-5(2)7-8(11-6)13-9(12-7)10(14)15/h4H,3H2,1-2H3,(H,14,15)(H,11,12,13). The first-order chi connectivity index (χ1) is 7.61. The summed E-state index contributed by atoms with van der Waals surface area (Å²) in [6.45, 7) is 4.21. The molecule has 0 saturated carbocycles. The van der Waals surface area contributed by atoms with Gasteiger partial charge in [-0.05, 0) is 19.4 Å². The van der Waals surface area contributed by atoms with Gasteiger partial charge >= 0.3 is 5.97 Å². The van der Waals surface area contributed by atoms with Crippen molar-refractivity contribution in [1.29, 1.82) is 0 Å². The number of rotatable bonds is 3. The zero-order chi connectivity index (χ0) is 11.7. The van der Waals surface area contributed by atoms with Gasteiger partial charge < -0.3 is 14.8 Å². The van der Waals surface area contributed by atoms with E-state index in [1.165, 1.54) is 0 Å². The molecule has 0 fully saturated rings. The van der Waals surface area contributed by atoms with E-state index in [4.69, 9.17) is 9.84 Å². The van der Waals surface area contributed by atoms with E-state index in [2.05, 4.69) is 15.0 Å². The van der Waals surface area contributed by atoms with Crippen LogP contribution in [0.15, 0.2) is 6.07 Å². The van der Waals surface area contributed by atoms with Gasteiger partial charge in [-0.15, -0.1) is 0 Å². The molecule has 0 aromatic carbocycles. The number of fused-ring (bicyclic) bond motifs is 1. The van der Waals surface area contributed by atoms with Crippen LogP contribution in [-0.2, 0) is 0 Å². The lowest BCUT2D eigenvalue weighted by molar-refractivity contribution is 0.0685. The topological polar surface area (TPSA) is 88.1 Å². The summed E-state index contributed by atoms with van der Waals surface area (Å²) in [7, 11) is 0. The molecule has 2 heterocycles. The Hall–Kier alpha value is -2.11. The second kappa shape index (κ2) is 3.80. The van der Waals surface area contributed by atoms with Crippen molar-refractivity contribution in [1.82, 2.24) is 15.0 Å². The third-order valence-electron chi connectivity index (χ3n) is 2.13. The maximum absolute atomic E-state index is 10.7. The lowest BCUT2D eigenvalue weighted by Gasteiger charge is -2.02. The van der Waals surface area contributed by atoms with Gasteiger partial charge in [-0.3, -0.25) is 0 Å². The van der Waals surface area contributed by atoms with E-state index in [9.17, 15) is 4.79 Å². The summed E-state index contributed by atoms with van der Waals surface area (Å²) in [5.74, 6) is -0.759. The van der Waals surface area contributed by atoms with Gasteiger partial charge in [0.25, 0.3) is 0 Å². The number of aryl methyl sites for hydroxylation is 1. The number of aromatic amines is 1. The number of nitrogens with zero attached hydrogens (tertiary/aromatic N) is 2. The van der Waals surface area contributed by atoms with Crippen LogP contribution in [-0.4, -0.2) is 32.6 Å². The Kier molecular flexibility index (Phi) is 2.47. The minimum atomic E-state index is -1.10. The quantitative estimate of drug-likeness (QED) is 0.817. The molecule has 2 aromatic rings. The van der Waals surface area contributed by atoms with Crippen molar-refractivity contribution in [3.8, 4) is 5.88 Å². The highest BCUT2D eigenvalue weighted by Crippen LogP contribution is 2.19. The lowest BCUT2D eigenvalue weighted by Crippen LogP contribution is -1.98. The molecule has 0 aliphatic rings. The molecule has 0 bridgehead atoms. The number of carboxylic acid groups (broad SMARTS) is 1. The van der Waals surface area contributed by atoms with Crippen LogP contribution < -0.4 is 4.74 Å². The fourth-order valence-electron chi connectivity index (χ4n) is 1.44. The van der Waals surface area contributed by atoms with E-state index >= 15 is 0 Å². The van der Waals surface area contributed by atoms with Crippen LogP contribution in [0.25, 0.3) is 11.2 Å². The van der Waals surface area contributed by atoms with E-state index < -0.39 is 5.97 Å². The summed E-state index contributed by atoms with van der Waals surface area (Å²) < 4.78 is 5.25. The first-order valence-electron chi connectivity index (χ1n) is 4.85. The number of imidazole rings is 1. The zero-order valence-electron chi connectivity index (χ0n) is 8.94. The fourth-order valence-corrected chi connectivity index (χ4v) is 1.44. The third kappa shape index (κ3) is 1.69. The SMILES string of the molecule is CCOc1cc(C)c2[nH]c(C(=O)O)nc2n1. The number of hydrogen-bond donors (Lipinski definition) is 2. The van der Waals surface area contributed by atoms with Crippen LogP contribution in [0.5, 0.6) is 5.88 Å². The maximum Gasteiger partial charge on any atom is 0.371 e. The molecule has 0 aliphatic carbocycles. The molecule has 0 saturated heterocycles. The average molecular weight is 221 g/mol. The molecular formula is C10H11N3O3. The first kappa shape index (κ1) is 10.4. The molecule has 6 nitrogen and oxygen atoms in total. The van der Waals surface area contributed by atoms with Gasteiger partial charge in [-0.1, -0.05) is 0 Å². The van der Waals surface area contributed by atoms with Gasteiger partial charge in [0.15, 0.2) is 5.65 Å². The van der Waals surface area contributed by atoms with Crippen molar-refractivity contribution in [3.63, 3.8) is 0 Å². The highest BCUT2D eigenvalue weighted by molar-refractivity contribution is 5.88. The molecule has 2 N–H and O–H groups in total. The Morgan fingerprint density at radius 3 is 2.94 bits per heavy atom. The summed E-state index contributed by atoms with van der Waals surface area (Å²) in [5.41, 5.74) is 1.84. The monoisotopic (exact) mass is 221 g/mol. The van der Waals surface area contributed by atoms with Crippen molar-refractivity contribution >= 4 is 17.1 Å². The van der Waals surface area contributed by atoms with E-state index in [1.807, 2.05) is 13.8 Å². The molecule has 0 atom stereocenters. The number of aromatic nitrogens is 3.